The average Bonchev–Trinajstić information content (AvgIpc) is 2.54. The maximum atomic E-state index is 5.67. The Balaban J connectivity index is 2.33. The molecule has 13 heavy (non-hydrogen) atoms. The van der Waals surface area contributed by atoms with Crippen LogP contribution in [0.3, 0.4) is 0 Å². The summed E-state index contributed by atoms with van der Waals surface area (Å²) < 4.78 is 5.67. The normalized spacial score (nSPS) is 27.8. The third-order valence-electron chi connectivity index (χ3n) is 2.52. The zero-order valence-corrected chi connectivity index (χ0v) is 8.13. The van der Waals surface area contributed by atoms with Crippen molar-refractivity contribution in [1.29, 1.82) is 0 Å². The van der Waals surface area contributed by atoms with Crippen LogP contribution in [0.2, 0.25) is 0 Å². The first-order valence-corrected chi connectivity index (χ1v) is 4.67. The van der Waals surface area contributed by atoms with Crippen LogP contribution in [0.15, 0.2) is 24.3 Å². The van der Waals surface area contributed by atoms with Crippen molar-refractivity contribution in [3.05, 3.63) is 35.4 Å². The zero-order valence-electron chi connectivity index (χ0n) is 8.13. The van der Waals surface area contributed by atoms with E-state index in [1.807, 2.05) is 0 Å². The molecule has 1 N–H and O–H groups in total. The lowest BCUT2D eigenvalue weighted by Gasteiger charge is -2.24. The smallest absolute Gasteiger partial charge is 0.142 e. The van der Waals surface area contributed by atoms with Crippen molar-refractivity contribution in [3.8, 4) is 0 Å². The highest BCUT2D eigenvalue weighted by Crippen LogP contribution is 2.25. The third kappa shape index (κ3) is 1.60. The number of ether oxygens (including phenoxy) is 1. The lowest BCUT2D eigenvalue weighted by Crippen LogP contribution is -2.34. The van der Waals surface area contributed by atoms with E-state index < -0.39 is 0 Å². The van der Waals surface area contributed by atoms with Gasteiger partial charge in [-0.1, -0.05) is 29.8 Å². The van der Waals surface area contributed by atoms with Crippen LogP contribution in [0, 0.1) is 6.92 Å². The fraction of sp³-hybridized carbons (Fsp3) is 0.455. The maximum absolute atomic E-state index is 5.67. The predicted octanol–water partition coefficient (Wildman–Crippen LogP) is 1.79. The van der Waals surface area contributed by atoms with Gasteiger partial charge in [-0.2, -0.15) is 0 Å². The SMILES string of the molecule is Cc1cccc(C2(C)NCCO2)c1. The van der Waals surface area contributed by atoms with Crippen LogP contribution in [0.5, 0.6) is 0 Å². The molecule has 0 spiro atoms. The van der Waals surface area contributed by atoms with Gasteiger partial charge in [0.15, 0.2) is 0 Å². The van der Waals surface area contributed by atoms with E-state index in [0.29, 0.717) is 0 Å². The molecule has 0 radical (unpaired) electrons. The summed E-state index contributed by atoms with van der Waals surface area (Å²) in [6.45, 7) is 5.91. The maximum Gasteiger partial charge on any atom is 0.142 e. The van der Waals surface area contributed by atoms with Crippen LogP contribution in [-0.4, -0.2) is 13.2 Å². The summed E-state index contributed by atoms with van der Waals surface area (Å²) >= 11 is 0. The van der Waals surface area contributed by atoms with Crippen molar-refractivity contribution in [2.45, 2.75) is 19.6 Å². The van der Waals surface area contributed by atoms with Crippen molar-refractivity contribution in [1.82, 2.24) is 5.32 Å². The summed E-state index contributed by atoms with van der Waals surface area (Å²) in [6, 6.07) is 8.44. The van der Waals surface area contributed by atoms with Gasteiger partial charge in [0.05, 0.1) is 6.61 Å². The molecule has 1 aliphatic heterocycles. The number of nitrogens with one attached hydrogen (secondary N) is 1. The summed E-state index contributed by atoms with van der Waals surface area (Å²) in [4.78, 5) is 0. The highest BCUT2D eigenvalue weighted by Gasteiger charge is 2.30. The lowest BCUT2D eigenvalue weighted by atomic mass is 10.0. The number of rotatable bonds is 1. The van der Waals surface area contributed by atoms with E-state index in [1.54, 1.807) is 0 Å². The molecule has 70 valence electrons. The molecule has 1 atom stereocenters. The van der Waals surface area contributed by atoms with E-state index in [2.05, 4.69) is 43.4 Å². The molecule has 2 rings (SSSR count). The second-order valence-corrected chi connectivity index (χ2v) is 3.68. The van der Waals surface area contributed by atoms with E-state index in [1.165, 1.54) is 11.1 Å². The van der Waals surface area contributed by atoms with Gasteiger partial charge >= 0.3 is 0 Å². The van der Waals surface area contributed by atoms with E-state index in [4.69, 9.17) is 4.74 Å². The molecule has 0 saturated carbocycles. The Bertz CT molecular complexity index is 303. The molecule has 2 heteroatoms. The molecule has 1 aromatic rings. The lowest BCUT2D eigenvalue weighted by molar-refractivity contribution is 0.00243. The minimum Gasteiger partial charge on any atom is -0.355 e. The summed E-state index contributed by atoms with van der Waals surface area (Å²) in [6.07, 6.45) is 0. The number of hydrogen-bond acceptors (Lipinski definition) is 2. The summed E-state index contributed by atoms with van der Waals surface area (Å²) in [5.74, 6) is 0. The van der Waals surface area contributed by atoms with Crippen LogP contribution in [0.25, 0.3) is 0 Å². The quantitative estimate of drug-likeness (QED) is 0.706. The van der Waals surface area contributed by atoms with E-state index >= 15 is 0 Å². The Hall–Kier alpha value is -0.860. The first kappa shape index (κ1) is 8.73. The van der Waals surface area contributed by atoms with Crippen molar-refractivity contribution in [3.63, 3.8) is 0 Å². The Morgan fingerprint density at radius 1 is 1.46 bits per heavy atom. The van der Waals surface area contributed by atoms with Gasteiger partial charge in [-0.25, -0.2) is 0 Å². The molecular formula is C11H15NO. The topological polar surface area (TPSA) is 21.3 Å². The Labute approximate surface area is 78.9 Å². The van der Waals surface area contributed by atoms with E-state index in [-0.39, 0.29) is 5.72 Å². The molecule has 1 heterocycles. The molecule has 0 aliphatic carbocycles. The zero-order chi connectivity index (χ0) is 9.31. The Morgan fingerprint density at radius 3 is 2.92 bits per heavy atom. The molecule has 0 bridgehead atoms. The van der Waals surface area contributed by atoms with Gasteiger partial charge in [0.1, 0.15) is 5.72 Å². The highest BCUT2D eigenvalue weighted by atomic mass is 16.5. The molecular weight excluding hydrogens is 162 g/mol. The first-order valence-electron chi connectivity index (χ1n) is 4.67. The average molecular weight is 177 g/mol. The minimum atomic E-state index is -0.272. The molecule has 1 saturated heterocycles. The fourth-order valence-corrected chi connectivity index (χ4v) is 1.72. The van der Waals surface area contributed by atoms with Gasteiger partial charge in [0.2, 0.25) is 0 Å². The van der Waals surface area contributed by atoms with Crippen LogP contribution in [-0.2, 0) is 10.5 Å². The van der Waals surface area contributed by atoms with Gasteiger partial charge in [-0.05, 0) is 19.4 Å². The molecule has 1 unspecified atom stereocenters. The van der Waals surface area contributed by atoms with Crippen molar-refractivity contribution in [2.24, 2.45) is 0 Å². The van der Waals surface area contributed by atoms with Crippen molar-refractivity contribution < 1.29 is 4.74 Å². The Kier molecular flexibility index (Phi) is 2.10. The van der Waals surface area contributed by atoms with Crippen LogP contribution < -0.4 is 5.32 Å². The van der Waals surface area contributed by atoms with Gasteiger partial charge in [0.25, 0.3) is 0 Å². The summed E-state index contributed by atoms with van der Waals surface area (Å²) in [7, 11) is 0. The van der Waals surface area contributed by atoms with Gasteiger partial charge < -0.3 is 4.74 Å². The first-order chi connectivity index (χ1) is 6.21. The highest BCUT2D eigenvalue weighted by molar-refractivity contribution is 5.27. The molecule has 0 amide bonds. The van der Waals surface area contributed by atoms with Crippen molar-refractivity contribution >= 4 is 0 Å². The monoisotopic (exact) mass is 177 g/mol. The Morgan fingerprint density at radius 2 is 2.31 bits per heavy atom. The van der Waals surface area contributed by atoms with Crippen molar-refractivity contribution in [2.75, 3.05) is 13.2 Å². The molecule has 1 aliphatic rings. The number of aryl methyl sites for hydroxylation is 1. The largest absolute Gasteiger partial charge is 0.355 e. The fourth-order valence-electron chi connectivity index (χ4n) is 1.72. The second-order valence-electron chi connectivity index (χ2n) is 3.68. The van der Waals surface area contributed by atoms with Gasteiger partial charge in [0, 0.05) is 6.54 Å². The number of benzene rings is 1. The van der Waals surface area contributed by atoms with E-state index in [9.17, 15) is 0 Å². The molecule has 1 aromatic carbocycles. The standard InChI is InChI=1S/C11H15NO/c1-9-4-3-5-10(8-9)11(2)12-6-7-13-11/h3-5,8,12H,6-7H2,1-2H3. The molecule has 1 fully saturated rings. The van der Waals surface area contributed by atoms with Gasteiger partial charge in [-0.15, -0.1) is 0 Å². The second kappa shape index (κ2) is 3.13. The number of hydrogen-bond donors (Lipinski definition) is 1. The predicted molar refractivity (Wildman–Crippen MR) is 52.5 cm³/mol. The third-order valence-corrected chi connectivity index (χ3v) is 2.52. The minimum absolute atomic E-state index is 0.272. The molecule has 0 aromatic heterocycles. The van der Waals surface area contributed by atoms with Crippen LogP contribution in [0.1, 0.15) is 18.1 Å². The van der Waals surface area contributed by atoms with E-state index in [0.717, 1.165) is 13.2 Å². The summed E-state index contributed by atoms with van der Waals surface area (Å²) in [5, 5.41) is 3.35. The molecule has 2 nitrogen and oxygen atoms in total. The van der Waals surface area contributed by atoms with Gasteiger partial charge in [-0.3, -0.25) is 5.32 Å². The summed E-state index contributed by atoms with van der Waals surface area (Å²) in [5.41, 5.74) is 2.22. The van der Waals surface area contributed by atoms with Crippen LogP contribution in [0.4, 0.5) is 0 Å². The van der Waals surface area contributed by atoms with Crippen LogP contribution >= 0.6 is 0 Å².